The number of nitrogens with zero attached hydrogens (tertiary/aromatic N) is 1. The Morgan fingerprint density at radius 3 is 2.77 bits per heavy atom. The quantitative estimate of drug-likeness (QED) is 0.861. The lowest BCUT2D eigenvalue weighted by atomic mass is 9.96. The third-order valence-corrected chi connectivity index (χ3v) is 4.72. The third kappa shape index (κ3) is 4.32. The number of aryl methyl sites for hydroxylation is 1. The number of carbonyl (C=O) groups excluding carboxylic acids is 2. The molecule has 2 atom stereocenters. The fourth-order valence-electron chi connectivity index (χ4n) is 3.18. The first-order chi connectivity index (χ1) is 12.5. The van der Waals surface area contributed by atoms with Crippen LogP contribution < -0.4 is 5.32 Å². The molecular weight excluding hydrogens is 332 g/mol. The van der Waals surface area contributed by atoms with E-state index in [4.69, 9.17) is 4.42 Å². The van der Waals surface area contributed by atoms with E-state index in [0.29, 0.717) is 24.4 Å². The standard InChI is InChI=1S/C20H24N2O4/c1-14-6-8-15(9-7-14)20(25)22-10-2-4-16(13-22)19(24)21-12-17(23)18-5-3-11-26-18/h3,5-9,11,16-17,23H,2,4,10,12-13H2,1H3,(H,21,24). The maximum Gasteiger partial charge on any atom is 0.253 e. The summed E-state index contributed by atoms with van der Waals surface area (Å²) in [7, 11) is 0. The highest BCUT2D eigenvalue weighted by molar-refractivity contribution is 5.94. The van der Waals surface area contributed by atoms with Crippen LogP contribution in [0.4, 0.5) is 0 Å². The monoisotopic (exact) mass is 356 g/mol. The number of piperidine rings is 1. The molecule has 1 saturated heterocycles. The molecule has 1 aliphatic heterocycles. The van der Waals surface area contributed by atoms with Gasteiger partial charge in [-0.25, -0.2) is 0 Å². The summed E-state index contributed by atoms with van der Waals surface area (Å²) in [5.41, 5.74) is 1.75. The van der Waals surface area contributed by atoms with Crippen molar-refractivity contribution >= 4 is 11.8 Å². The van der Waals surface area contributed by atoms with Gasteiger partial charge in [0.1, 0.15) is 11.9 Å². The minimum Gasteiger partial charge on any atom is -0.467 e. The molecule has 6 heteroatoms. The molecule has 1 aliphatic rings. The van der Waals surface area contributed by atoms with Gasteiger partial charge in [0.2, 0.25) is 5.91 Å². The number of rotatable bonds is 5. The van der Waals surface area contributed by atoms with Crippen LogP contribution in [0.2, 0.25) is 0 Å². The summed E-state index contributed by atoms with van der Waals surface area (Å²) in [6, 6.07) is 10.8. The van der Waals surface area contributed by atoms with Crippen LogP contribution in [0, 0.1) is 12.8 Å². The molecule has 2 amide bonds. The molecule has 1 aromatic carbocycles. The molecule has 0 saturated carbocycles. The number of amides is 2. The van der Waals surface area contributed by atoms with E-state index in [9.17, 15) is 14.7 Å². The Balaban J connectivity index is 1.54. The number of aliphatic hydroxyl groups excluding tert-OH is 1. The zero-order valence-electron chi connectivity index (χ0n) is 14.9. The molecule has 2 heterocycles. The second kappa shape index (κ2) is 8.19. The average molecular weight is 356 g/mol. The van der Waals surface area contributed by atoms with E-state index in [-0.39, 0.29) is 24.3 Å². The minimum atomic E-state index is -0.872. The summed E-state index contributed by atoms with van der Waals surface area (Å²) < 4.78 is 5.12. The molecule has 1 fully saturated rings. The lowest BCUT2D eigenvalue weighted by Gasteiger charge is -2.32. The van der Waals surface area contributed by atoms with Crippen molar-refractivity contribution in [3.05, 3.63) is 59.5 Å². The van der Waals surface area contributed by atoms with Crippen molar-refractivity contribution in [1.29, 1.82) is 0 Å². The Hall–Kier alpha value is -2.60. The maximum absolute atomic E-state index is 12.6. The van der Waals surface area contributed by atoms with Gasteiger partial charge in [-0.1, -0.05) is 17.7 Å². The van der Waals surface area contributed by atoms with Crippen molar-refractivity contribution in [1.82, 2.24) is 10.2 Å². The molecule has 0 radical (unpaired) electrons. The molecule has 1 aromatic heterocycles. The Morgan fingerprint density at radius 2 is 2.08 bits per heavy atom. The van der Waals surface area contributed by atoms with Crippen molar-refractivity contribution < 1.29 is 19.1 Å². The topological polar surface area (TPSA) is 82.8 Å². The highest BCUT2D eigenvalue weighted by Gasteiger charge is 2.29. The van der Waals surface area contributed by atoms with Crippen LogP contribution in [0.15, 0.2) is 47.1 Å². The Bertz CT molecular complexity index is 740. The van der Waals surface area contributed by atoms with Gasteiger partial charge in [0.05, 0.1) is 18.7 Å². The second-order valence-electron chi connectivity index (χ2n) is 6.73. The Kier molecular flexibility index (Phi) is 5.73. The van der Waals surface area contributed by atoms with E-state index in [0.717, 1.165) is 18.4 Å². The van der Waals surface area contributed by atoms with E-state index in [1.54, 1.807) is 17.0 Å². The van der Waals surface area contributed by atoms with Crippen molar-refractivity contribution in [3.63, 3.8) is 0 Å². The summed E-state index contributed by atoms with van der Waals surface area (Å²) in [5, 5.41) is 12.8. The van der Waals surface area contributed by atoms with Gasteiger partial charge in [0.25, 0.3) is 5.91 Å². The van der Waals surface area contributed by atoms with Crippen molar-refractivity contribution in [3.8, 4) is 0 Å². The number of carbonyl (C=O) groups is 2. The van der Waals surface area contributed by atoms with E-state index >= 15 is 0 Å². The van der Waals surface area contributed by atoms with Gasteiger partial charge < -0.3 is 19.7 Å². The normalized spacial score (nSPS) is 18.4. The van der Waals surface area contributed by atoms with E-state index < -0.39 is 6.10 Å². The van der Waals surface area contributed by atoms with Gasteiger partial charge in [0.15, 0.2) is 0 Å². The zero-order valence-corrected chi connectivity index (χ0v) is 14.9. The number of aliphatic hydroxyl groups is 1. The van der Waals surface area contributed by atoms with Crippen LogP contribution in [0.5, 0.6) is 0 Å². The predicted octanol–water partition coefficient (Wildman–Crippen LogP) is 2.29. The van der Waals surface area contributed by atoms with Gasteiger partial charge in [-0.2, -0.15) is 0 Å². The first kappa shape index (κ1) is 18.2. The van der Waals surface area contributed by atoms with Crippen LogP contribution in [-0.4, -0.2) is 41.5 Å². The zero-order chi connectivity index (χ0) is 18.5. The molecule has 2 N–H and O–H groups in total. The molecule has 138 valence electrons. The summed E-state index contributed by atoms with van der Waals surface area (Å²) in [4.78, 5) is 26.8. The van der Waals surface area contributed by atoms with Gasteiger partial charge >= 0.3 is 0 Å². The molecule has 6 nitrogen and oxygen atoms in total. The molecule has 26 heavy (non-hydrogen) atoms. The largest absolute Gasteiger partial charge is 0.467 e. The van der Waals surface area contributed by atoms with Crippen LogP contribution in [0.1, 0.15) is 40.6 Å². The molecule has 0 bridgehead atoms. The van der Waals surface area contributed by atoms with E-state index in [1.807, 2.05) is 31.2 Å². The Morgan fingerprint density at radius 1 is 1.31 bits per heavy atom. The summed E-state index contributed by atoms with van der Waals surface area (Å²) >= 11 is 0. The smallest absolute Gasteiger partial charge is 0.253 e. The minimum absolute atomic E-state index is 0.0434. The fourth-order valence-corrected chi connectivity index (χ4v) is 3.18. The van der Waals surface area contributed by atoms with Crippen molar-refractivity contribution in [2.45, 2.75) is 25.9 Å². The number of nitrogens with one attached hydrogen (secondary N) is 1. The molecule has 0 aliphatic carbocycles. The van der Waals surface area contributed by atoms with E-state index in [2.05, 4.69) is 5.32 Å². The van der Waals surface area contributed by atoms with E-state index in [1.165, 1.54) is 6.26 Å². The van der Waals surface area contributed by atoms with Gasteiger partial charge in [-0.3, -0.25) is 9.59 Å². The number of likely N-dealkylation sites (tertiary alicyclic amines) is 1. The SMILES string of the molecule is Cc1ccc(C(=O)N2CCCC(C(=O)NCC(O)c3ccco3)C2)cc1. The number of benzene rings is 1. The number of hydrogen-bond donors (Lipinski definition) is 2. The number of furan rings is 1. The van der Waals surface area contributed by atoms with Crippen LogP contribution in [0.25, 0.3) is 0 Å². The third-order valence-electron chi connectivity index (χ3n) is 4.72. The summed E-state index contributed by atoms with van der Waals surface area (Å²) in [6.45, 7) is 3.13. The summed E-state index contributed by atoms with van der Waals surface area (Å²) in [6.07, 6.45) is 2.13. The average Bonchev–Trinajstić information content (AvgIpc) is 3.21. The number of hydrogen-bond acceptors (Lipinski definition) is 4. The van der Waals surface area contributed by atoms with Crippen molar-refractivity contribution in [2.24, 2.45) is 5.92 Å². The van der Waals surface area contributed by atoms with Crippen LogP contribution in [-0.2, 0) is 4.79 Å². The molecule has 3 rings (SSSR count). The fraction of sp³-hybridized carbons (Fsp3) is 0.400. The van der Waals surface area contributed by atoms with Gasteiger partial charge in [-0.05, 0) is 44.0 Å². The molecule has 2 aromatic rings. The van der Waals surface area contributed by atoms with Gasteiger partial charge in [0, 0.05) is 18.7 Å². The summed E-state index contributed by atoms with van der Waals surface area (Å²) in [5.74, 6) is -0.0257. The molecule has 0 spiro atoms. The van der Waals surface area contributed by atoms with Crippen LogP contribution >= 0.6 is 0 Å². The molecular formula is C20H24N2O4. The first-order valence-electron chi connectivity index (χ1n) is 8.89. The lowest BCUT2D eigenvalue weighted by Crippen LogP contribution is -2.46. The maximum atomic E-state index is 12.6. The highest BCUT2D eigenvalue weighted by atomic mass is 16.4. The van der Waals surface area contributed by atoms with Crippen molar-refractivity contribution in [2.75, 3.05) is 19.6 Å². The Labute approximate surface area is 152 Å². The predicted molar refractivity (Wildman–Crippen MR) is 96.5 cm³/mol. The lowest BCUT2D eigenvalue weighted by molar-refractivity contribution is -0.126. The molecule has 2 unspecified atom stereocenters. The highest BCUT2D eigenvalue weighted by Crippen LogP contribution is 2.20. The first-order valence-corrected chi connectivity index (χ1v) is 8.89. The van der Waals surface area contributed by atoms with Crippen LogP contribution in [0.3, 0.4) is 0 Å². The van der Waals surface area contributed by atoms with Gasteiger partial charge in [-0.15, -0.1) is 0 Å². The second-order valence-corrected chi connectivity index (χ2v) is 6.73.